The molecule has 0 amide bonds. The zero-order chi connectivity index (χ0) is 16.7. The molecule has 0 saturated carbocycles. The third-order valence-corrected chi connectivity index (χ3v) is 5.31. The van der Waals surface area contributed by atoms with Crippen molar-refractivity contribution in [2.24, 2.45) is 5.92 Å². The van der Waals surface area contributed by atoms with E-state index in [9.17, 15) is 8.42 Å². The lowest BCUT2D eigenvalue weighted by Gasteiger charge is -2.15. The third-order valence-electron chi connectivity index (χ3n) is 3.59. The molecule has 2 N–H and O–H groups in total. The average molecular weight is 363 g/mol. The maximum atomic E-state index is 12.5. The van der Waals surface area contributed by atoms with Crippen molar-refractivity contribution in [2.75, 3.05) is 40.0 Å². The van der Waals surface area contributed by atoms with Crippen molar-refractivity contribution in [3.8, 4) is 5.75 Å². The Kier molecular flexibility index (Phi) is 7.10. The lowest BCUT2D eigenvalue weighted by molar-refractivity contribution is 0.166. The predicted molar refractivity (Wildman–Crippen MR) is 89.6 cm³/mol. The minimum Gasteiger partial charge on any atom is -0.492 e. The maximum Gasteiger partial charge on any atom is 0.244 e. The molecule has 0 bridgehead atoms. The quantitative estimate of drug-likeness (QED) is 0.653. The number of halogens is 1. The molecule has 0 radical (unpaired) electrons. The largest absolute Gasteiger partial charge is 0.492 e. The zero-order valence-electron chi connectivity index (χ0n) is 13.2. The van der Waals surface area contributed by atoms with E-state index in [-0.39, 0.29) is 4.90 Å². The summed E-state index contributed by atoms with van der Waals surface area (Å²) in [5, 5.41) is 3.33. The standard InChI is InChI=1S/C15H23ClN2O4S/c1-17-6-2-7-18-23(19,20)15-9-13(16)3-4-14(15)22-11-12-5-8-21-10-12/h3-4,9,12,17-18H,2,5-8,10-11H2,1H3. The Labute approximate surface area is 142 Å². The van der Waals surface area contributed by atoms with Crippen molar-refractivity contribution in [1.29, 1.82) is 0 Å². The van der Waals surface area contributed by atoms with Crippen LogP contribution in [0.25, 0.3) is 0 Å². The number of ether oxygens (including phenoxy) is 2. The number of benzene rings is 1. The molecule has 0 aliphatic carbocycles. The fourth-order valence-corrected chi connectivity index (χ4v) is 3.76. The van der Waals surface area contributed by atoms with Crippen LogP contribution in [-0.4, -0.2) is 48.4 Å². The van der Waals surface area contributed by atoms with Gasteiger partial charge in [0, 0.05) is 24.1 Å². The van der Waals surface area contributed by atoms with Gasteiger partial charge in [-0.1, -0.05) is 11.6 Å². The minimum atomic E-state index is -3.66. The minimum absolute atomic E-state index is 0.0772. The first kappa shape index (κ1) is 18.5. The second kappa shape index (κ2) is 8.84. The summed E-state index contributed by atoms with van der Waals surface area (Å²) in [6, 6.07) is 4.64. The zero-order valence-corrected chi connectivity index (χ0v) is 14.8. The second-order valence-corrected chi connectivity index (χ2v) is 7.66. The van der Waals surface area contributed by atoms with Crippen molar-refractivity contribution >= 4 is 21.6 Å². The van der Waals surface area contributed by atoms with Gasteiger partial charge in [-0.3, -0.25) is 0 Å². The molecule has 6 nitrogen and oxygen atoms in total. The molecule has 1 unspecified atom stereocenters. The van der Waals surface area contributed by atoms with Gasteiger partial charge in [-0.15, -0.1) is 0 Å². The highest BCUT2D eigenvalue weighted by atomic mass is 35.5. The molecule has 1 saturated heterocycles. The number of hydrogen-bond acceptors (Lipinski definition) is 5. The van der Waals surface area contributed by atoms with Gasteiger partial charge in [0.1, 0.15) is 10.6 Å². The van der Waals surface area contributed by atoms with E-state index in [1.807, 2.05) is 7.05 Å². The molecule has 2 rings (SSSR count). The molecule has 8 heteroatoms. The summed E-state index contributed by atoms with van der Waals surface area (Å²) < 4.78 is 38.5. The topological polar surface area (TPSA) is 76.7 Å². The molecule has 1 fully saturated rings. The van der Waals surface area contributed by atoms with Crippen LogP contribution >= 0.6 is 11.6 Å². The second-order valence-electron chi connectivity index (χ2n) is 5.49. The fraction of sp³-hybridized carbons (Fsp3) is 0.600. The third kappa shape index (κ3) is 5.61. The lowest BCUT2D eigenvalue weighted by Crippen LogP contribution is -2.27. The van der Waals surface area contributed by atoms with E-state index in [1.54, 1.807) is 12.1 Å². The SMILES string of the molecule is CNCCCNS(=O)(=O)c1cc(Cl)ccc1OCC1CCOC1. The molecule has 23 heavy (non-hydrogen) atoms. The Bertz CT molecular complexity index is 603. The first-order valence-corrected chi connectivity index (χ1v) is 9.53. The summed E-state index contributed by atoms with van der Waals surface area (Å²) >= 11 is 5.96. The maximum absolute atomic E-state index is 12.5. The Hall–Kier alpha value is -0.860. The number of sulfonamides is 1. The highest BCUT2D eigenvalue weighted by Crippen LogP contribution is 2.28. The van der Waals surface area contributed by atoms with Crippen LogP contribution in [0.15, 0.2) is 23.1 Å². The highest BCUT2D eigenvalue weighted by molar-refractivity contribution is 7.89. The van der Waals surface area contributed by atoms with Crippen LogP contribution in [0.2, 0.25) is 5.02 Å². The Morgan fingerprint density at radius 2 is 2.22 bits per heavy atom. The van der Waals surface area contributed by atoms with Gasteiger partial charge in [-0.2, -0.15) is 0 Å². The molecule has 1 aliphatic rings. The smallest absolute Gasteiger partial charge is 0.244 e. The van der Waals surface area contributed by atoms with E-state index in [0.717, 1.165) is 19.6 Å². The predicted octanol–water partition coefficient (Wildman–Crippen LogP) is 1.64. The van der Waals surface area contributed by atoms with Gasteiger partial charge in [-0.05, 0) is 44.6 Å². The van der Waals surface area contributed by atoms with Gasteiger partial charge >= 0.3 is 0 Å². The van der Waals surface area contributed by atoms with E-state index >= 15 is 0 Å². The molecule has 130 valence electrons. The Balaban J connectivity index is 2.07. The number of rotatable bonds is 9. The van der Waals surface area contributed by atoms with Crippen LogP contribution in [0.4, 0.5) is 0 Å². The van der Waals surface area contributed by atoms with E-state index in [1.165, 1.54) is 6.07 Å². The van der Waals surface area contributed by atoms with Crippen LogP contribution < -0.4 is 14.8 Å². The molecule has 1 aromatic rings. The van der Waals surface area contributed by atoms with Crippen LogP contribution in [0.5, 0.6) is 5.75 Å². The summed E-state index contributed by atoms with van der Waals surface area (Å²) in [5.74, 6) is 0.618. The molecule has 1 atom stereocenters. The van der Waals surface area contributed by atoms with Crippen LogP contribution in [0.1, 0.15) is 12.8 Å². The fourth-order valence-electron chi connectivity index (χ4n) is 2.28. The first-order valence-electron chi connectivity index (χ1n) is 7.67. The van der Waals surface area contributed by atoms with Gasteiger partial charge in [0.15, 0.2) is 0 Å². The average Bonchev–Trinajstić information content (AvgIpc) is 3.04. The molecule has 0 aromatic heterocycles. The molecule has 1 aliphatic heterocycles. The summed E-state index contributed by atoms with van der Waals surface area (Å²) in [4.78, 5) is 0.0772. The molecule has 0 spiro atoms. The molecular weight excluding hydrogens is 340 g/mol. The van der Waals surface area contributed by atoms with Gasteiger partial charge in [0.05, 0.1) is 13.2 Å². The summed E-state index contributed by atoms with van der Waals surface area (Å²) in [5.41, 5.74) is 0. The number of nitrogens with one attached hydrogen (secondary N) is 2. The first-order chi connectivity index (χ1) is 11.0. The normalized spacial score (nSPS) is 18.3. The lowest BCUT2D eigenvalue weighted by atomic mass is 10.1. The van der Waals surface area contributed by atoms with Crippen LogP contribution in [0.3, 0.4) is 0 Å². The van der Waals surface area contributed by atoms with E-state index < -0.39 is 10.0 Å². The van der Waals surface area contributed by atoms with E-state index in [4.69, 9.17) is 21.1 Å². The van der Waals surface area contributed by atoms with Gasteiger partial charge in [-0.25, -0.2) is 13.1 Å². The van der Waals surface area contributed by atoms with Crippen LogP contribution in [0, 0.1) is 5.92 Å². The van der Waals surface area contributed by atoms with Crippen molar-refractivity contribution in [2.45, 2.75) is 17.7 Å². The highest BCUT2D eigenvalue weighted by Gasteiger charge is 2.22. The monoisotopic (exact) mass is 362 g/mol. The van der Waals surface area contributed by atoms with Crippen molar-refractivity contribution in [3.05, 3.63) is 23.2 Å². The summed E-state index contributed by atoms with van der Waals surface area (Å²) in [6.45, 7) is 2.91. The Morgan fingerprint density at radius 1 is 1.39 bits per heavy atom. The van der Waals surface area contributed by atoms with Crippen LogP contribution in [-0.2, 0) is 14.8 Å². The van der Waals surface area contributed by atoms with Crippen molar-refractivity contribution in [1.82, 2.24) is 10.0 Å². The van der Waals surface area contributed by atoms with Gasteiger partial charge in [0.25, 0.3) is 0 Å². The molecular formula is C15H23ClN2O4S. The summed E-state index contributed by atoms with van der Waals surface area (Å²) in [7, 11) is -1.83. The Morgan fingerprint density at radius 3 is 2.91 bits per heavy atom. The molecule has 1 aromatic carbocycles. The number of hydrogen-bond donors (Lipinski definition) is 2. The molecule has 1 heterocycles. The van der Waals surface area contributed by atoms with E-state index in [2.05, 4.69) is 10.0 Å². The van der Waals surface area contributed by atoms with Gasteiger partial charge < -0.3 is 14.8 Å². The van der Waals surface area contributed by atoms with Crippen molar-refractivity contribution in [3.63, 3.8) is 0 Å². The van der Waals surface area contributed by atoms with Crippen molar-refractivity contribution < 1.29 is 17.9 Å². The van der Waals surface area contributed by atoms with E-state index in [0.29, 0.717) is 42.9 Å². The summed E-state index contributed by atoms with van der Waals surface area (Å²) in [6.07, 6.45) is 1.63. The van der Waals surface area contributed by atoms with Gasteiger partial charge in [0.2, 0.25) is 10.0 Å².